The SMILES string of the molecule is COc1ccc(C[C@H](NC(=O)[C@H](C)NC(=O)CN2CCS(=O)(=O)CC2)C(=O)N[C@@H](CC2=CCCC2)C(=O)[C@@]2(C)CO2)cc1. The lowest BCUT2D eigenvalue weighted by Crippen LogP contribution is -2.57. The number of ether oxygens (including phenoxy) is 2. The molecule has 0 bridgehead atoms. The second-order valence-electron chi connectivity index (χ2n) is 11.7. The van der Waals surface area contributed by atoms with E-state index in [1.165, 1.54) is 6.92 Å². The van der Waals surface area contributed by atoms with Crippen LogP contribution in [-0.4, -0.2) is 105 Å². The van der Waals surface area contributed by atoms with Crippen molar-refractivity contribution in [2.24, 2.45) is 0 Å². The van der Waals surface area contributed by atoms with Gasteiger partial charge in [-0.1, -0.05) is 23.8 Å². The third kappa shape index (κ3) is 9.35. The van der Waals surface area contributed by atoms with Crippen LogP contribution in [-0.2, 0) is 40.2 Å². The Morgan fingerprint density at radius 2 is 1.65 bits per heavy atom. The molecule has 3 N–H and O–H groups in total. The van der Waals surface area contributed by atoms with Crippen LogP contribution in [0.25, 0.3) is 0 Å². The van der Waals surface area contributed by atoms with Gasteiger partial charge in [0.1, 0.15) is 23.4 Å². The predicted octanol–water partition coefficient (Wildman–Crippen LogP) is 0.301. The van der Waals surface area contributed by atoms with E-state index in [0.717, 1.165) is 30.4 Å². The number of rotatable bonds is 14. The molecule has 1 aromatic carbocycles. The fourth-order valence-corrected chi connectivity index (χ4v) is 6.53. The van der Waals surface area contributed by atoms with E-state index in [2.05, 4.69) is 22.0 Å². The van der Waals surface area contributed by atoms with Crippen LogP contribution in [0.3, 0.4) is 0 Å². The van der Waals surface area contributed by atoms with Crippen molar-refractivity contribution < 1.29 is 37.1 Å². The first-order valence-corrected chi connectivity index (χ1v) is 16.5. The molecule has 2 fully saturated rings. The molecule has 43 heavy (non-hydrogen) atoms. The average molecular weight is 619 g/mol. The quantitative estimate of drug-likeness (QED) is 0.197. The van der Waals surface area contributed by atoms with Crippen molar-refractivity contribution >= 4 is 33.3 Å². The molecule has 3 aliphatic rings. The van der Waals surface area contributed by atoms with Gasteiger partial charge in [0.15, 0.2) is 15.6 Å². The summed E-state index contributed by atoms with van der Waals surface area (Å²) in [6, 6.07) is 4.29. The lowest BCUT2D eigenvalue weighted by Gasteiger charge is -2.27. The van der Waals surface area contributed by atoms with Gasteiger partial charge in [-0.3, -0.25) is 24.1 Å². The molecule has 12 nitrogen and oxygen atoms in total. The number of allylic oxidation sites excluding steroid dienone is 1. The van der Waals surface area contributed by atoms with Crippen LogP contribution < -0.4 is 20.7 Å². The molecule has 0 radical (unpaired) electrons. The maximum Gasteiger partial charge on any atom is 0.243 e. The molecule has 0 spiro atoms. The number of Topliss-reactive ketones (excluding diaryl/α,β-unsaturated/α-hetero) is 1. The fraction of sp³-hybridized carbons (Fsp3) is 0.600. The number of carbonyl (C=O) groups excluding carboxylic acids is 4. The van der Waals surface area contributed by atoms with Crippen LogP contribution in [0.4, 0.5) is 0 Å². The minimum atomic E-state index is -3.08. The molecule has 4 rings (SSSR count). The van der Waals surface area contributed by atoms with E-state index in [0.29, 0.717) is 18.8 Å². The number of carbonyl (C=O) groups is 4. The van der Waals surface area contributed by atoms with Crippen molar-refractivity contribution in [3.8, 4) is 5.75 Å². The van der Waals surface area contributed by atoms with Gasteiger partial charge < -0.3 is 25.4 Å². The van der Waals surface area contributed by atoms with Crippen molar-refractivity contribution in [2.45, 2.75) is 69.7 Å². The van der Waals surface area contributed by atoms with Gasteiger partial charge in [-0.05, 0) is 57.2 Å². The number of sulfone groups is 1. The minimum absolute atomic E-state index is 0.00940. The van der Waals surface area contributed by atoms with Gasteiger partial charge in [-0.2, -0.15) is 0 Å². The topological polar surface area (TPSA) is 164 Å². The molecule has 0 aromatic heterocycles. The summed E-state index contributed by atoms with van der Waals surface area (Å²) in [4.78, 5) is 54.5. The van der Waals surface area contributed by atoms with Gasteiger partial charge >= 0.3 is 0 Å². The first-order valence-electron chi connectivity index (χ1n) is 14.7. The lowest BCUT2D eigenvalue weighted by molar-refractivity contribution is -0.134. The molecule has 2 heterocycles. The number of epoxide rings is 1. The maximum absolute atomic E-state index is 13.7. The number of methoxy groups -OCH3 is 1. The van der Waals surface area contributed by atoms with Crippen LogP contribution in [0.2, 0.25) is 0 Å². The molecule has 3 amide bonds. The second-order valence-corrected chi connectivity index (χ2v) is 14.0. The van der Waals surface area contributed by atoms with Gasteiger partial charge in [-0.15, -0.1) is 0 Å². The van der Waals surface area contributed by atoms with Gasteiger partial charge in [0.05, 0.1) is 37.8 Å². The van der Waals surface area contributed by atoms with Gasteiger partial charge in [0.25, 0.3) is 0 Å². The molecule has 236 valence electrons. The third-order valence-corrected chi connectivity index (χ3v) is 9.75. The number of amides is 3. The minimum Gasteiger partial charge on any atom is -0.497 e. The standard InChI is InChI=1S/C30H42N4O8S/c1-20(31-26(35)18-34-12-14-43(39,40)15-13-34)28(37)33-25(17-22-8-10-23(41-3)11-9-22)29(38)32-24(16-21-6-4-5-7-21)27(36)30(2)19-42-30/h6,8-11,20,24-25H,4-5,7,12-19H2,1-3H3,(H,31,35)(H,32,38)(H,33,37)/t20-,24-,25-,30+/m0/s1. The third-order valence-electron chi connectivity index (χ3n) is 8.14. The normalized spacial score (nSPS) is 23.3. The van der Waals surface area contributed by atoms with Crippen molar-refractivity contribution in [3.05, 3.63) is 41.5 Å². The Morgan fingerprint density at radius 3 is 2.23 bits per heavy atom. The van der Waals surface area contributed by atoms with E-state index in [1.54, 1.807) is 43.2 Å². The number of hydrogen-bond donors (Lipinski definition) is 3. The maximum atomic E-state index is 13.7. The predicted molar refractivity (Wildman–Crippen MR) is 159 cm³/mol. The monoisotopic (exact) mass is 618 g/mol. The zero-order valence-corrected chi connectivity index (χ0v) is 25.8. The first-order chi connectivity index (χ1) is 20.4. The van der Waals surface area contributed by atoms with Crippen molar-refractivity contribution in [2.75, 3.05) is 44.9 Å². The molecule has 1 aliphatic carbocycles. The summed E-state index contributed by atoms with van der Waals surface area (Å²) in [5, 5.41) is 8.28. The van der Waals surface area contributed by atoms with Crippen LogP contribution >= 0.6 is 0 Å². The Balaban J connectivity index is 1.43. The van der Waals surface area contributed by atoms with Gasteiger partial charge in [0.2, 0.25) is 17.7 Å². The molecular weight excluding hydrogens is 576 g/mol. The van der Waals surface area contributed by atoms with Crippen molar-refractivity contribution in [1.82, 2.24) is 20.9 Å². The number of ketones is 1. The number of nitrogens with one attached hydrogen (secondary N) is 3. The Hall–Kier alpha value is -3.29. The molecule has 4 atom stereocenters. The Kier molecular flexibility index (Phi) is 10.6. The van der Waals surface area contributed by atoms with Gasteiger partial charge in [0, 0.05) is 19.5 Å². The highest BCUT2D eigenvalue weighted by Crippen LogP contribution is 2.31. The summed E-state index contributed by atoms with van der Waals surface area (Å²) in [6.07, 6.45) is 5.45. The lowest BCUT2D eigenvalue weighted by atomic mass is 9.94. The number of benzene rings is 1. The fourth-order valence-electron chi connectivity index (χ4n) is 5.25. The van der Waals surface area contributed by atoms with Gasteiger partial charge in [-0.25, -0.2) is 8.42 Å². The molecule has 2 aliphatic heterocycles. The average Bonchev–Trinajstić information content (AvgIpc) is 3.51. The summed E-state index contributed by atoms with van der Waals surface area (Å²) in [6.45, 7) is 3.99. The molecular formula is C30H42N4O8S. The summed E-state index contributed by atoms with van der Waals surface area (Å²) in [5.74, 6) is -1.08. The van der Waals surface area contributed by atoms with E-state index in [1.807, 2.05) is 0 Å². The highest BCUT2D eigenvalue weighted by molar-refractivity contribution is 7.91. The molecule has 1 aromatic rings. The number of hydrogen-bond acceptors (Lipinski definition) is 9. The molecule has 2 saturated heterocycles. The Bertz CT molecular complexity index is 1330. The van der Waals surface area contributed by atoms with Crippen LogP contribution in [0, 0.1) is 0 Å². The van der Waals surface area contributed by atoms with Crippen LogP contribution in [0.5, 0.6) is 5.75 Å². The first kappa shape index (κ1) is 32.6. The van der Waals surface area contributed by atoms with E-state index in [9.17, 15) is 27.6 Å². The second kappa shape index (κ2) is 14.0. The largest absolute Gasteiger partial charge is 0.497 e. The smallest absolute Gasteiger partial charge is 0.243 e. The zero-order chi connectivity index (χ0) is 31.2. The van der Waals surface area contributed by atoms with E-state index in [4.69, 9.17) is 9.47 Å². The zero-order valence-electron chi connectivity index (χ0n) is 25.0. The summed E-state index contributed by atoms with van der Waals surface area (Å²) in [5.41, 5.74) is 0.946. The Labute approximate surface area is 252 Å². The van der Waals surface area contributed by atoms with Crippen molar-refractivity contribution in [3.63, 3.8) is 0 Å². The molecule has 0 unspecified atom stereocenters. The number of nitrogens with zero attached hydrogens (tertiary/aromatic N) is 1. The highest BCUT2D eigenvalue weighted by atomic mass is 32.2. The molecule has 0 saturated carbocycles. The summed E-state index contributed by atoms with van der Waals surface area (Å²) < 4.78 is 33.9. The summed E-state index contributed by atoms with van der Waals surface area (Å²) in [7, 11) is -1.53. The van der Waals surface area contributed by atoms with E-state index in [-0.39, 0.29) is 43.3 Å². The highest BCUT2D eigenvalue weighted by Gasteiger charge is 2.50. The van der Waals surface area contributed by atoms with E-state index >= 15 is 0 Å². The van der Waals surface area contributed by atoms with Crippen LogP contribution in [0.1, 0.15) is 45.1 Å². The van der Waals surface area contributed by atoms with Crippen LogP contribution in [0.15, 0.2) is 35.9 Å². The van der Waals surface area contributed by atoms with Crippen molar-refractivity contribution in [1.29, 1.82) is 0 Å². The molecule has 13 heteroatoms. The Morgan fingerprint density at radius 1 is 1.00 bits per heavy atom. The summed E-state index contributed by atoms with van der Waals surface area (Å²) >= 11 is 0. The van der Waals surface area contributed by atoms with E-state index < -0.39 is 51.3 Å².